The zero-order chi connectivity index (χ0) is 21.0. The third-order valence-electron chi connectivity index (χ3n) is 5.34. The molecule has 0 atom stereocenters. The number of anilines is 1. The summed E-state index contributed by atoms with van der Waals surface area (Å²) >= 11 is 1.63. The van der Waals surface area contributed by atoms with Gasteiger partial charge in [-0.1, -0.05) is 0 Å². The van der Waals surface area contributed by atoms with Gasteiger partial charge in [0, 0.05) is 30.3 Å². The molecule has 2 heterocycles. The molecule has 1 aliphatic carbocycles. The van der Waals surface area contributed by atoms with Crippen LogP contribution in [0.25, 0.3) is 21.5 Å². The molecule has 1 N–H and O–H groups in total. The molecular weight excluding hydrogens is 400 g/mol. The number of amides is 1. The van der Waals surface area contributed by atoms with E-state index in [2.05, 4.69) is 15.4 Å². The number of thiazole rings is 1. The molecule has 1 aliphatic rings. The highest BCUT2D eigenvalue weighted by atomic mass is 32.1. The molecule has 30 heavy (non-hydrogen) atoms. The maximum Gasteiger partial charge on any atom is 0.276 e. The Morgan fingerprint density at radius 1 is 1.17 bits per heavy atom. The van der Waals surface area contributed by atoms with Crippen molar-refractivity contribution in [2.24, 2.45) is 7.05 Å². The van der Waals surface area contributed by atoms with Crippen LogP contribution in [-0.4, -0.2) is 34.9 Å². The molecule has 4 aromatic rings. The Morgan fingerprint density at radius 3 is 2.70 bits per heavy atom. The Labute approximate surface area is 177 Å². The predicted molar refractivity (Wildman–Crippen MR) is 117 cm³/mol. The molecule has 0 fully saturated rings. The van der Waals surface area contributed by atoms with E-state index < -0.39 is 0 Å². The normalized spacial score (nSPS) is 12.0. The molecular formula is C22H20N4O3S. The molecule has 7 nitrogen and oxygen atoms in total. The van der Waals surface area contributed by atoms with Crippen LogP contribution < -0.4 is 14.8 Å². The summed E-state index contributed by atoms with van der Waals surface area (Å²) < 4.78 is 13.7. The molecule has 0 unspecified atom stereocenters. The van der Waals surface area contributed by atoms with E-state index in [-0.39, 0.29) is 5.91 Å². The van der Waals surface area contributed by atoms with Crippen molar-refractivity contribution < 1.29 is 14.3 Å². The number of nitrogens with zero attached hydrogens (tertiary/aromatic N) is 3. The third kappa shape index (κ3) is 2.83. The molecule has 0 radical (unpaired) electrons. The van der Waals surface area contributed by atoms with Gasteiger partial charge in [0.2, 0.25) is 0 Å². The monoisotopic (exact) mass is 420 g/mol. The van der Waals surface area contributed by atoms with Gasteiger partial charge in [0.1, 0.15) is 0 Å². The number of carbonyl (C=O) groups excluding carboxylic acids is 1. The van der Waals surface area contributed by atoms with Gasteiger partial charge in [-0.2, -0.15) is 5.10 Å². The van der Waals surface area contributed by atoms with Gasteiger partial charge in [-0.25, -0.2) is 4.98 Å². The van der Waals surface area contributed by atoms with Crippen LogP contribution in [0.3, 0.4) is 0 Å². The Bertz CT molecular complexity index is 1320. The van der Waals surface area contributed by atoms with E-state index in [0.29, 0.717) is 29.3 Å². The fourth-order valence-electron chi connectivity index (χ4n) is 4.04. The number of methoxy groups -OCH3 is 2. The van der Waals surface area contributed by atoms with Crippen LogP contribution in [0.15, 0.2) is 30.3 Å². The van der Waals surface area contributed by atoms with Gasteiger partial charge in [0.05, 0.1) is 35.1 Å². The lowest BCUT2D eigenvalue weighted by atomic mass is 10.1. The Kier molecular flexibility index (Phi) is 4.25. The summed E-state index contributed by atoms with van der Waals surface area (Å²) in [5.74, 6) is 1.10. The van der Waals surface area contributed by atoms with E-state index in [1.807, 2.05) is 44.3 Å². The second kappa shape index (κ2) is 6.84. The number of benzene rings is 2. The van der Waals surface area contributed by atoms with E-state index in [4.69, 9.17) is 9.47 Å². The molecule has 152 valence electrons. The number of hydrogen-bond donors (Lipinski definition) is 1. The van der Waals surface area contributed by atoms with Gasteiger partial charge in [-0.3, -0.25) is 9.48 Å². The summed E-state index contributed by atoms with van der Waals surface area (Å²) in [6.45, 7) is 1.97. The van der Waals surface area contributed by atoms with Gasteiger partial charge in [-0.15, -0.1) is 11.3 Å². The molecule has 8 heteroatoms. The van der Waals surface area contributed by atoms with E-state index in [1.165, 1.54) is 0 Å². The minimum absolute atomic E-state index is 0.232. The summed E-state index contributed by atoms with van der Waals surface area (Å²) in [6.07, 6.45) is 0.617. The van der Waals surface area contributed by atoms with Crippen molar-refractivity contribution in [3.05, 3.63) is 52.2 Å². The van der Waals surface area contributed by atoms with Gasteiger partial charge >= 0.3 is 0 Å². The summed E-state index contributed by atoms with van der Waals surface area (Å²) in [5, 5.41) is 8.49. The fourth-order valence-corrected chi connectivity index (χ4v) is 4.85. The SMILES string of the molecule is COc1cc2c(cc1OC)-c1c(c(C(=O)Nc3ccc4sc(C)nc4c3)nn1C)C2. The van der Waals surface area contributed by atoms with Crippen molar-refractivity contribution in [1.29, 1.82) is 0 Å². The van der Waals surface area contributed by atoms with E-state index >= 15 is 0 Å². The molecule has 0 saturated heterocycles. The highest BCUT2D eigenvalue weighted by Gasteiger charge is 2.31. The lowest BCUT2D eigenvalue weighted by molar-refractivity contribution is 0.102. The maximum absolute atomic E-state index is 13.1. The average Bonchev–Trinajstić information content (AvgIpc) is 3.38. The van der Waals surface area contributed by atoms with Crippen molar-refractivity contribution in [3.63, 3.8) is 0 Å². The first-order valence-corrected chi connectivity index (χ1v) is 10.3. The van der Waals surface area contributed by atoms with Crippen LogP contribution >= 0.6 is 11.3 Å². The van der Waals surface area contributed by atoms with Crippen LogP contribution in [0.4, 0.5) is 5.69 Å². The summed E-state index contributed by atoms with van der Waals surface area (Å²) in [7, 11) is 5.09. The number of nitrogens with one attached hydrogen (secondary N) is 1. The third-order valence-corrected chi connectivity index (χ3v) is 6.30. The Hall–Kier alpha value is -3.39. The minimum Gasteiger partial charge on any atom is -0.493 e. The van der Waals surface area contributed by atoms with Crippen LogP contribution in [0.5, 0.6) is 11.5 Å². The highest BCUT2D eigenvalue weighted by molar-refractivity contribution is 7.18. The van der Waals surface area contributed by atoms with Gasteiger partial charge in [-0.05, 0) is 42.8 Å². The van der Waals surface area contributed by atoms with Crippen molar-refractivity contribution in [3.8, 4) is 22.8 Å². The van der Waals surface area contributed by atoms with E-state index in [9.17, 15) is 4.79 Å². The summed E-state index contributed by atoms with van der Waals surface area (Å²) in [4.78, 5) is 17.6. The van der Waals surface area contributed by atoms with Crippen molar-refractivity contribution in [2.75, 3.05) is 19.5 Å². The standard InChI is InChI=1S/C22H20N4O3S/c1-11-23-16-9-13(5-6-19(16)30-11)24-22(27)20-15-7-12-8-17(28-3)18(29-4)10-14(12)21(15)26(2)25-20/h5-6,8-10H,7H2,1-4H3,(H,24,27). The number of aryl methyl sites for hydroxylation is 2. The topological polar surface area (TPSA) is 78.3 Å². The summed E-state index contributed by atoms with van der Waals surface area (Å²) in [5.41, 5.74) is 5.95. The van der Waals surface area contributed by atoms with Crippen LogP contribution in [0.1, 0.15) is 26.6 Å². The minimum atomic E-state index is -0.232. The summed E-state index contributed by atoms with van der Waals surface area (Å²) in [6, 6.07) is 9.68. The highest BCUT2D eigenvalue weighted by Crippen LogP contribution is 2.43. The first-order valence-electron chi connectivity index (χ1n) is 9.48. The molecule has 2 aromatic carbocycles. The van der Waals surface area contributed by atoms with Crippen LogP contribution in [-0.2, 0) is 13.5 Å². The number of ether oxygens (including phenoxy) is 2. The number of aromatic nitrogens is 3. The van der Waals surface area contributed by atoms with Gasteiger partial charge < -0.3 is 14.8 Å². The zero-order valence-corrected chi connectivity index (χ0v) is 17.9. The van der Waals surface area contributed by atoms with Crippen molar-refractivity contribution >= 4 is 33.1 Å². The second-order valence-corrected chi connectivity index (χ2v) is 8.44. The number of hydrogen-bond acceptors (Lipinski definition) is 6. The fraction of sp³-hybridized carbons (Fsp3) is 0.227. The maximum atomic E-state index is 13.1. The van der Waals surface area contributed by atoms with E-state index in [0.717, 1.165) is 37.6 Å². The second-order valence-electron chi connectivity index (χ2n) is 7.21. The largest absolute Gasteiger partial charge is 0.493 e. The Balaban J connectivity index is 1.50. The lowest BCUT2D eigenvalue weighted by Gasteiger charge is -2.11. The number of carbonyl (C=O) groups is 1. The van der Waals surface area contributed by atoms with Gasteiger partial charge in [0.15, 0.2) is 17.2 Å². The molecule has 0 bridgehead atoms. The molecule has 0 spiro atoms. The van der Waals surface area contributed by atoms with Crippen molar-refractivity contribution in [2.45, 2.75) is 13.3 Å². The quantitative estimate of drug-likeness (QED) is 0.472. The number of fused-ring (bicyclic) bond motifs is 4. The molecule has 0 aliphatic heterocycles. The first kappa shape index (κ1) is 18.6. The Morgan fingerprint density at radius 2 is 1.93 bits per heavy atom. The lowest BCUT2D eigenvalue weighted by Crippen LogP contribution is -2.14. The van der Waals surface area contributed by atoms with Crippen LogP contribution in [0, 0.1) is 6.92 Å². The number of rotatable bonds is 4. The van der Waals surface area contributed by atoms with Crippen molar-refractivity contribution in [1.82, 2.24) is 14.8 Å². The molecule has 0 saturated carbocycles. The average molecular weight is 420 g/mol. The van der Waals surface area contributed by atoms with Crippen LogP contribution in [0.2, 0.25) is 0 Å². The molecule has 2 aromatic heterocycles. The predicted octanol–water partition coefficient (Wildman–Crippen LogP) is 4.18. The first-order chi connectivity index (χ1) is 14.5. The smallest absolute Gasteiger partial charge is 0.276 e. The van der Waals surface area contributed by atoms with Gasteiger partial charge in [0.25, 0.3) is 5.91 Å². The molecule has 5 rings (SSSR count). The molecule has 1 amide bonds. The zero-order valence-electron chi connectivity index (χ0n) is 17.1. The van der Waals surface area contributed by atoms with E-state index in [1.54, 1.807) is 30.2 Å².